The number of piperidine rings is 1. The van der Waals surface area contributed by atoms with Crippen molar-refractivity contribution in [3.63, 3.8) is 0 Å². The lowest BCUT2D eigenvalue weighted by molar-refractivity contribution is -0.137. The Hall–Kier alpha value is -1.78. The van der Waals surface area contributed by atoms with E-state index in [1.807, 2.05) is 4.90 Å². The van der Waals surface area contributed by atoms with Crippen molar-refractivity contribution in [2.75, 3.05) is 11.1 Å². The molecule has 1 amide bonds. The molecule has 2 atom stereocenters. The minimum atomic E-state index is -5.95. The van der Waals surface area contributed by atoms with Crippen LogP contribution in [0.5, 0.6) is 5.75 Å². The average Bonchev–Trinajstić information content (AvgIpc) is 2.81. The molecule has 1 heterocycles. The van der Waals surface area contributed by atoms with E-state index in [1.165, 1.54) is 12.1 Å². The normalized spacial score (nSPS) is 18.3. The Bertz CT molecular complexity index is 1240. The summed E-state index contributed by atoms with van der Waals surface area (Å²) in [5.41, 5.74) is -7.09. The molecule has 204 valence electrons. The number of nitrogens with zero attached hydrogens (tertiary/aromatic N) is 1. The van der Waals surface area contributed by atoms with Crippen molar-refractivity contribution in [3.8, 4) is 5.75 Å². The second kappa shape index (κ2) is 11.5. The highest BCUT2D eigenvalue weighted by atomic mass is 127. The van der Waals surface area contributed by atoms with E-state index in [0.29, 0.717) is 17.5 Å². The zero-order chi connectivity index (χ0) is 27.6. The number of nitrogens with one attached hydrogen (secondary N) is 1. The third-order valence-electron chi connectivity index (χ3n) is 5.74. The number of halogens is 8. The van der Waals surface area contributed by atoms with Gasteiger partial charge in [-0.15, -0.1) is 0 Å². The summed E-state index contributed by atoms with van der Waals surface area (Å²) in [7, 11) is -5.95. The first kappa shape index (κ1) is 29.8. The molecule has 1 saturated heterocycles. The average molecular weight is 685 g/mol. The highest BCUT2D eigenvalue weighted by molar-refractivity contribution is 14.1. The molecule has 0 radical (unpaired) electrons. The van der Waals surface area contributed by atoms with Gasteiger partial charge < -0.3 is 9.50 Å². The summed E-state index contributed by atoms with van der Waals surface area (Å²) in [5.74, 6) is -1.57. The van der Waals surface area contributed by atoms with E-state index >= 15 is 0 Å². The summed E-state index contributed by atoms with van der Waals surface area (Å²) < 4.78 is 106. The van der Waals surface area contributed by atoms with Gasteiger partial charge >= 0.3 is 21.8 Å². The van der Waals surface area contributed by atoms with Crippen LogP contribution < -0.4 is 9.50 Å². The molecule has 2 aromatic rings. The summed E-state index contributed by atoms with van der Waals surface area (Å²) in [4.78, 5) is 15.2. The molecule has 1 aliphatic heterocycles. The molecule has 37 heavy (non-hydrogen) atoms. The third-order valence-corrected chi connectivity index (χ3v) is 8.01. The lowest BCUT2D eigenvalue weighted by atomic mass is 9.90. The van der Waals surface area contributed by atoms with Crippen LogP contribution in [0.2, 0.25) is 5.02 Å². The van der Waals surface area contributed by atoms with E-state index in [1.54, 1.807) is 0 Å². The van der Waals surface area contributed by atoms with Crippen molar-refractivity contribution >= 4 is 50.2 Å². The summed E-state index contributed by atoms with van der Waals surface area (Å²) in [6, 6.07) is 6.31. The van der Waals surface area contributed by atoms with E-state index in [0.717, 1.165) is 43.2 Å². The molecule has 1 fully saturated rings. The maximum Gasteiger partial charge on any atom is 0.534 e. The Morgan fingerprint density at radius 2 is 1.81 bits per heavy atom. The number of hydrogen-bond donors (Lipinski definition) is 1. The van der Waals surface area contributed by atoms with E-state index in [9.17, 15) is 39.6 Å². The van der Waals surface area contributed by atoms with Gasteiger partial charge in [0.2, 0.25) is 0 Å². The molecule has 0 unspecified atom stereocenters. The number of carbonyl (C=O) groups excluding carboxylic acids is 1. The molecule has 0 bridgehead atoms. The Morgan fingerprint density at radius 3 is 2.43 bits per heavy atom. The fourth-order valence-electron chi connectivity index (χ4n) is 4.02. The quantitative estimate of drug-likeness (QED) is 0.0926. The van der Waals surface area contributed by atoms with Gasteiger partial charge in [-0.3, -0.25) is 9.69 Å². The number of alkyl halides is 7. The minimum absolute atomic E-state index is 0.202. The first-order chi connectivity index (χ1) is 17.2. The number of rotatable bonds is 7. The molecule has 15 heteroatoms. The van der Waals surface area contributed by atoms with E-state index in [-0.39, 0.29) is 5.56 Å². The molecular weight excluding hydrogens is 665 g/mol. The van der Waals surface area contributed by atoms with E-state index in [4.69, 9.17) is 11.6 Å². The highest BCUT2D eigenvalue weighted by Gasteiger charge is 2.48. The summed E-state index contributed by atoms with van der Waals surface area (Å²) >= 11 is 8.02. The van der Waals surface area contributed by atoms with Gasteiger partial charge in [-0.25, -0.2) is 0 Å². The Kier molecular flexibility index (Phi) is 9.28. The molecule has 0 saturated carbocycles. The van der Waals surface area contributed by atoms with Gasteiger partial charge in [0.1, 0.15) is 5.75 Å². The van der Waals surface area contributed by atoms with Crippen molar-refractivity contribution in [1.29, 1.82) is 0 Å². The second-order valence-corrected chi connectivity index (χ2v) is 10.8. The van der Waals surface area contributed by atoms with Crippen LogP contribution in [-0.2, 0) is 16.3 Å². The Morgan fingerprint density at radius 1 is 1.14 bits per heavy atom. The molecule has 0 aromatic heterocycles. The molecule has 2 aromatic carbocycles. The van der Waals surface area contributed by atoms with Gasteiger partial charge in [0.05, 0.1) is 26.7 Å². The fraction of sp³-hybridized carbons (Fsp3) is 0.409. The second-order valence-electron chi connectivity index (χ2n) is 8.17. The molecule has 1 N–H and O–H groups in total. The number of likely N-dealkylation sites (tertiary alicyclic amines) is 1. The first-order valence-electron chi connectivity index (χ1n) is 10.7. The van der Waals surface area contributed by atoms with Crippen molar-refractivity contribution < 1.29 is 43.7 Å². The van der Waals surface area contributed by atoms with Gasteiger partial charge in [0.25, 0.3) is 5.91 Å². The van der Waals surface area contributed by atoms with E-state index < -0.39 is 61.7 Å². The summed E-state index contributed by atoms with van der Waals surface area (Å²) in [5, 5.41) is 1.86. The molecule has 1 aliphatic rings. The highest BCUT2D eigenvalue weighted by Crippen LogP contribution is 2.37. The van der Waals surface area contributed by atoms with Crippen molar-refractivity contribution in [2.45, 2.75) is 43.0 Å². The molecular formula is C22H20ClF6IN2O4S. The maximum atomic E-state index is 13.3. The smallest absolute Gasteiger partial charge is 0.376 e. The lowest BCUT2D eigenvalue weighted by Gasteiger charge is -2.40. The van der Waals surface area contributed by atoms with Gasteiger partial charge in [-0.05, 0) is 49.2 Å². The molecule has 6 nitrogen and oxygen atoms in total. The van der Waals surface area contributed by atoms with Gasteiger partial charge in [0.15, 0.2) is 0 Å². The van der Waals surface area contributed by atoms with Crippen LogP contribution >= 0.6 is 34.2 Å². The number of amides is 1. The fourth-order valence-corrected chi connectivity index (χ4v) is 5.64. The minimum Gasteiger partial charge on any atom is -0.376 e. The van der Waals surface area contributed by atoms with Crippen molar-refractivity contribution in [2.24, 2.45) is 0 Å². The van der Waals surface area contributed by atoms with Crippen molar-refractivity contribution in [3.05, 3.63) is 64.2 Å². The van der Waals surface area contributed by atoms with Crippen LogP contribution in [0.25, 0.3) is 0 Å². The predicted molar refractivity (Wildman–Crippen MR) is 132 cm³/mol. The lowest BCUT2D eigenvalue weighted by Crippen LogP contribution is -2.48. The molecule has 0 spiro atoms. The third kappa shape index (κ3) is 7.00. The van der Waals surface area contributed by atoms with Gasteiger partial charge in [-0.2, -0.15) is 34.8 Å². The van der Waals surface area contributed by atoms with Crippen LogP contribution in [-0.4, -0.2) is 41.9 Å². The SMILES string of the molecule is O=C(N[C@@H](c1cccc(OS(=O)(=O)C(F)(F)F)c1)[C@@H]1CCCCN1CI)c1cccc(C(F)(F)F)c1Cl. The maximum absolute atomic E-state index is 13.3. The number of benzene rings is 2. The Labute approximate surface area is 227 Å². The van der Waals surface area contributed by atoms with Crippen LogP contribution in [0, 0.1) is 0 Å². The Balaban J connectivity index is 2.02. The summed E-state index contributed by atoms with van der Waals surface area (Å²) in [6.07, 6.45) is -2.64. The van der Waals surface area contributed by atoms with Crippen LogP contribution in [0.3, 0.4) is 0 Å². The first-order valence-corrected chi connectivity index (χ1v) is 14.0. The monoisotopic (exact) mass is 684 g/mol. The summed E-state index contributed by atoms with van der Waals surface area (Å²) in [6.45, 7) is 0.642. The van der Waals surface area contributed by atoms with Crippen LogP contribution in [0.1, 0.15) is 46.8 Å². The predicted octanol–water partition coefficient (Wildman–Crippen LogP) is 6.31. The van der Waals surface area contributed by atoms with Crippen LogP contribution in [0.4, 0.5) is 26.3 Å². The topological polar surface area (TPSA) is 75.7 Å². The van der Waals surface area contributed by atoms with Gasteiger partial charge in [0, 0.05) is 6.04 Å². The molecule has 3 rings (SSSR count). The van der Waals surface area contributed by atoms with Gasteiger partial charge in [-0.1, -0.05) is 58.8 Å². The number of carbonyl (C=O) groups is 1. The van der Waals surface area contributed by atoms with Crippen LogP contribution in [0.15, 0.2) is 42.5 Å². The number of hydrogen-bond acceptors (Lipinski definition) is 5. The largest absolute Gasteiger partial charge is 0.534 e. The zero-order valence-electron chi connectivity index (χ0n) is 18.7. The zero-order valence-corrected chi connectivity index (χ0v) is 22.5. The van der Waals surface area contributed by atoms with E-state index in [2.05, 4.69) is 32.1 Å². The van der Waals surface area contributed by atoms with Crippen molar-refractivity contribution in [1.82, 2.24) is 10.2 Å². The molecule has 0 aliphatic carbocycles. The standard InChI is InChI=1S/C22H20ClF6IN2O4S/c23-18-15(7-4-8-16(18)21(24,25)26)20(33)31-19(17-9-1-2-10-32(17)12-30)13-5-3-6-14(11-13)36-37(34,35)22(27,28)29/h3-8,11,17,19H,1-2,9-10,12H2,(H,31,33)/t17-,19-/m0/s1.